The Morgan fingerprint density at radius 3 is 2.68 bits per heavy atom. The normalized spacial score (nSPS) is 14.3. The number of aromatic amines is 1. The second-order valence-electron chi connectivity index (χ2n) is 8.73. The number of hydrogen-bond acceptors (Lipinski definition) is 4. The van der Waals surface area contributed by atoms with Crippen molar-refractivity contribution < 1.29 is 13.2 Å². The molecule has 1 aliphatic rings. The third kappa shape index (κ3) is 5.71. The molecule has 1 fully saturated rings. The topological polar surface area (TPSA) is 104 Å². The number of sulfonamides is 1. The van der Waals surface area contributed by atoms with E-state index in [0.29, 0.717) is 18.2 Å². The van der Waals surface area contributed by atoms with Crippen LogP contribution >= 0.6 is 0 Å². The van der Waals surface area contributed by atoms with Crippen LogP contribution in [-0.4, -0.2) is 30.3 Å². The highest BCUT2D eigenvalue weighted by Crippen LogP contribution is 2.33. The van der Waals surface area contributed by atoms with Gasteiger partial charge in [-0.15, -0.1) is 0 Å². The van der Waals surface area contributed by atoms with Gasteiger partial charge < -0.3 is 5.32 Å². The molecule has 1 saturated carbocycles. The van der Waals surface area contributed by atoms with Crippen LogP contribution in [0.2, 0.25) is 0 Å². The van der Waals surface area contributed by atoms with Crippen LogP contribution in [0, 0.1) is 11.8 Å². The molecule has 0 saturated heterocycles. The molecule has 0 bridgehead atoms. The summed E-state index contributed by atoms with van der Waals surface area (Å²) in [6, 6.07) is 13.7. The number of hydrogen-bond donors (Lipinski definition) is 3. The Morgan fingerprint density at radius 1 is 1.16 bits per heavy atom. The number of nitrogens with one attached hydrogen (secondary N) is 3. The lowest BCUT2D eigenvalue weighted by molar-refractivity contribution is -0.116. The minimum atomic E-state index is -3.29. The molecule has 8 heteroatoms. The van der Waals surface area contributed by atoms with Crippen LogP contribution in [0.4, 0.5) is 5.82 Å². The molecule has 7 nitrogen and oxygen atoms in total. The molecule has 164 valence electrons. The second kappa shape index (κ2) is 8.80. The van der Waals surface area contributed by atoms with E-state index in [0.717, 1.165) is 40.4 Å². The largest absolute Gasteiger partial charge is 0.309 e. The van der Waals surface area contributed by atoms with E-state index in [1.807, 2.05) is 56.3 Å². The smallest absolute Gasteiger partial charge is 0.225 e. The van der Waals surface area contributed by atoms with Gasteiger partial charge in [-0.3, -0.25) is 9.89 Å². The monoisotopic (exact) mass is 440 g/mol. The van der Waals surface area contributed by atoms with Crippen LogP contribution in [-0.2, 0) is 21.4 Å². The molecule has 4 rings (SSSR count). The zero-order valence-corrected chi connectivity index (χ0v) is 18.6. The number of benzene rings is 2. The Morgan fingerprint density at radius 2 is 1.94 bits per heavy atom. The second-order valence-corrected chi connectivity index (χ2v) is 10.6. The molecule has 0 radical (unpaired) electrons. The summed E-state index contributed by atoms with van der Waals surface area (Å²) in [5, 5.41) is 11.0. The molecule has 1 heterocycles. The summed E-state index contributed by atoms with van der Waals surface area (Å²) >= 11 is 0. The number of fused-ring (bicyclic) bond motifs is 1. The van der Waals surface area contributed by atoms with Crippen LogP contribution in [0.25, 0.3) is 22.0 Å². The molecule has 2 aromatic carbocycles. The van der Waals surface area contributed by atoms with Gasteiger partial charge in [0, 0.05) is 18.4 Å². The minimum absolute atomic E-state index is 0.00703. The first-order chi connectivity index (χ1) is 14.8. The van der Waals surface area contributed by atoms with Crippen molar-refractivity contribution in [2.75, 3.05) is 11.1 Å². The van der Waals surface area contributed by atoms with Gasteiger partial charge >= 0.3 is 0 Å². The molecule has 1 amide bonds. The number of nitrogens with zero attached hydrogens (tertiary/aromatic N) is 1. The highest BCUT2D eigenvalue weighted by atomic mass is 32.2. The molecule has 1 aromatic heterocycles. The minimum Gasteiger partial charge on any atom is -0.309 e. The first-order valence-electron chi connectivity index (χ1n) is 10.6. The van der Waals surface area contributed by atoms with Crippen molar-refractivity contribution in [3.05, 3.63) is 48.0 Å². The molecular weight excluding hydrogens is 412 g/mol. The van der Waals surface area contributed by atoms with Gasteiger partial charge in [-0.25, -0.2) is 13.1 Å². The molecular formula is C23H28N4O3S. The average Bonchev–Trinajstić information content (AvgIpc) is 3.44. The van der Waals surface area contributed by atoms with E-state index in [2.05, 4.69) is 20.2 Å². The predicted molar refractivity (Wildman–Crippen MR) is 123 cm³/mol. The maximum atomic E-state index is 12.1. The van der Waals surface area contributed by atoms with E-state index in [9.17, 15) is 13.2 Å². The lowest BCUT2D eigenvalue weighted by Crippen LogP contribution is -2.28. The Balaban J connectivity index is 1.48. The van der Waals surface area contributed by atoms with Gasteiger partial charge in [0.1, 0.15) is 0 Å². The summed E-state index contributed by atoms with van der Waals surface area (Å²) in [7, 11) is -3.29. The highest BCUT2D eigenvalue weighted by molar-refractivity contribution is 7.89. The standard InChI is InChI=1S/C23H28N4O3S/c1-15(2)14-31(29,30)24-13-17-4-3-5-18(10-17)19-8-9-20-21(12-19)26-27-23(20)25-22(28)11-16-6-7-16/h3-5,8-10,12,15-16,24H,6-7,11,13-14H2,1-2H3,(H2,25,26,27,28). The maximum Gasteiger partial charge on any atom is 0.225 e. The van der Waals surface area contributed by atoms with E-state index in [4.69, 9.17) is 0 Å². The van der Waals surface area contributed by atoms with Gasteiger partial charge in [0.05, 0.1) is 11.3 Å². The quantitative estimate of drug-likeness (QED) is 0.467. The third-order valence-electron chi connectivity index (χ3n) is 5.30. The fraction of sp³-hybridized carbons (Fsp3) is 0.391. The number of H-pyrrole nitrogens is 1. The van der Waals surface area contributed by atoms with Crippen LogP contribution in [0.5, 0.6) is 0 Å². The lowest BCUT2D eigenvalue weighted by Gasteiger charge is -2.10. The SMILES string of the molecule is CC(C)CS(=O)(=O)NCc1cccc(-c2ccc3c(NC(=O)CC4CC4)n[nH]c3c2)c1. The van der Waals surface area contributed by atoms with E-state index in [-0.39, 0.29) is 24.1 Å². The summed E-state index contributed by atoms with van der Waals surface area (Å²) < 4.78 is 26.9. The van der Waals surface area contributed by atoms with Gasteiger partial charge in [0.25, 0.3) is 0 Å². The van der Waals surface area contributed by atoms with Gasteiger partial charge in [-0.2, -0.15) is 5.10 Å². The van der Waals surface area contributed by atoms with E-state index >= 15 is 0 Å². The average molecular weight is 441 g/mol. The summed E-state index contributed by atoms with van der Waals surface area (Å²) in [6.45, 7) is 4.02. The number of anilines is 1. The molecule has 1 aliphatic carbocycles. The molecule has 3 aromatic rings. The van der Waals surface area contributed by atoms with Gasteiger partial charge in [0.15, 0.2) is 5.82 Å². The summed E-state index contributed by atoms with van der Waals surface area (Å²) in [6.07, 6.45) is 2.83. The number of aromatic nitrogens is 2. The first-order valence-corrected chi connectivity index (χ1v) is 12.3. The maximum absolute atomic E-state index is 12.1. The number of carbonyl (C=O) groups excluding carboxylic acids is 1. The van der Waals surface area contributed by atoms with Crippen LogP contribution < -0.4 is 10.0 Å². The Kier molecular flexibility index (Phi) is 6.11. The van der Waals surface area contributed by atoms with Crippen molar-refractivity contribution in [2.45, 2.75) is 39.7 Å². The fourth-order valence-corrected chi connectivity index (χ4v) is 5.00. The van der Waals surface area contributed by atoms with Crippen LogP contribution in [0.1, 0.15) is 38.7 Å². The van der Waals surface area contributed by atoms with E-state index in [1.165, 1.54) is 0 Å². The van der Waals surface area contributed by atoms with Crippen molar-refractivity contribution in [3.63, 3.8) is 0 Å². The lowest BCUT2D eigenvalue weighted by atomic mass is 10.0. The molecule has 0 atom stereocenters. The zero-order chi connectivity index (χ0) is 22.0. The summed E-state index contributed by atoms with van der Waals surface area (Å²) in [5.41, 5.74) is 3.69. The summed E-state index contributed by atoms with van der Waals surface area (Å²) in [4.78, 5) is 12.1. The molecule has 0 unspecified atom stereocenters. The van der Waals surface area contributed by atoms with E-state index in [1.54, 1.807) is 0 Å². The molecule has 0 aliphatic heterocycles. The van der Waals surface area contributed by atoms with Crippen molar-refractivity contribution in [3.8, 4) is 11.1 Å². The molecule has 3 N–H and O–H groups in total. The zero-order valence-electron chi connectivity index (χ0n) is 17.8. The predicted octanol–water partition coefficient (Wildman–Crippen LogP) is 4.04. The van der Waals surface area contributed by atoms with Gasteiger partial charge in [-0.05, 0) is 59.6 Å². The Bertz CT molecular complexity index is 1200. The van der Waals surface area contributed by atoms with Gasteiger partial charge in [0.2, 0.25) is 15.9 Å². The first kappa shape index (κ1) is 21.5. The number of amides is 1. The Hall–Kier alpha value is -2.71. The van der Waals surface area contributed by atoms with Crippen LogP contribution in [0.15, 0.2) is 42.5 Å². The Labute approximate surface area is 182 Å². The highest BCUT2D eigenvalue weighted by Gasteiger charge is 2.25. The van der Waals surface area contributed by atoms with Crippen molar-refractivity contribution >= 4 is 32.7 Å². The van der Waals surface area contributed by atoms with Crippen molar-refractivity contribution in [1.82, 2.24) is 14.9 Å². The fourth-order valence-electron chi connectivity index (χ4n) is 3.61. The van der Waals surface area contributed by atoms with Gasteiger partial charge in [-0.1, -0.05) is 38.1 Å². The summed E-state index contributed by atoms with van der Waals surface area (Å²) in [5.74, 6) is 1.28. The molecule has 31 heavy (non-hydrogen) atoms. The third-order valence-corrected chi connectivity index (χ3v) is 6.99. The van der Waals surface area contributed by atoms with E-state index < -0.39 is 10.0 Å². The van der Waals surface area contributed by atoms with Crippen molar-refractivity contribution in [1.29, 1.82) is 0 Å². The molecule has 0 spiro atoms. The van der Waals surface area contributed by atoms with Crippen molar-refractivity contribution in [2.24, 2.45) is 11.8 Å². The number of rotatable bonds is 9. The number of carbonyl (C=O) groups is 1. The van der Waals surface area contributed by atoms with Crippen LogP contribution in [0.3, 0.4) is 0 Å².